The van der Waals surface area contributed by atoms with Crippen LogP contribution in [0.15, 0.2) is 24.3 Å². The van der Waals surface area contributed by atoms with Crippen molar-refractivity contribution in [1.29, 1.82) is 0 Å². The molecule has 1 aliphatic carbocycles. The van der Waals surface area contributed by atoms with Crippen LogP contribution in [-0.2, 0) is 0 Å². The van der Waals surface area contributed by atoms with Crippen LogP contribution in [0.4, 0.5) is 4.39 Å². The maximum atomic E-state index is 13.8. The summed E-state index contributed by atoms with van der Waals surface area (Å²) in [6.07, 6.45) is 6.31. The van der Waals surface area contributed by atoms with Gasteiger partial charge >= 0.3 is 0 Å². The number of hydrogen-bond donors (Lipinski definition) is 1. The van der Waals surface area contributed by atoms with Crippen LogP contribution in [0.5, 0.6) is 0 Å². The van der Waals surface area contributed by atoms with E-state index in [4.69, 9.17) is 0 Å². The zero-order valence-corrected chi connectivity index (χ0v) is 12.2. The lowest BCUT2D eigenvalue weighted by Gasteiger charge is -2.29. The van der Waals surface area contributed by atoms with Crippen LogP contribution in [0.3, 0.4) is 0 Å². The van der Waals surface area contributed by atoms with Crippen LogP contribution in [0.1, 0.15) is 57.6 Å². The van der Waals surface area contributed by atoms with Crippen LogP contribution in [-0.4, -0.2) is 6.54 Å². The molecule has 0 spiro atoms. The van der Waals surface area contributed by atoms with Gasteiger partial charge in [0.2, 0.25) is 0 Å². The Kier molecular flexibility index (Phi) is 5.38. The summed E-state index contributed by atoms with van der Waals surface area (Å²) in [6, 6.07) is 7.29. The molecule has 1 aromatic carbocycles. The molecular weight excluding hydrogens is 237 g/mol. The van der Waals surface area contributed by atoms with Crippen LogP contribution >= 0.6 is 0 Å². The molecule has 3 atom stereocenters. The van der Waals surface area contributed by atoms with Gasteiger partial charge in [-0.25, -0.2) is 4.39 Å². The van der Waals surface area contributed by atoms with Gasteiger partial charge in [-0.3, -0.25) is 0 Å². The maximum absolute atomic E-state index is 13.8. The molecule has 1 aliphatic rings. The highest BCUT2D eigenvalue weighted by atomic mass is 19.1. The summed E-state index contributed by atoms with van der Waals surface area (Å²) in [7, 11) is 0. The maximum Gasteiger partial charge on any atom is 0.127 e. The SMILES string of the molecule is CCC(NCC1CCCC(C)C1)c1ccccc1F. The van der Waals surface area contributed by atoms with Crippen molar-refractivity contribution >= 4 is 0 Å². The summed E-state index contributed by atoms with van der Waals surface area (Å²) in [5, 5.41) is 3.58. The summed E-state index contributed by atoms with van der Waals surface area (Å²) in [5.41, 5.74) is 0.814. The number of nitrogens with one attached hydrogen (secondary N) is 1. The van der Waals surface area contributed by atoms with Gasteiger partial charge in [-0.2, -0.15) is 0 Å². The lowest BCUT2D eigenvalue weighted by molar-refractivity contribution is 0.265. The van der Waals surface area contributed by atoms with Crippen molar-refractivity contribution in [1.82, 2.24) is 5.32 Å². The second kappa shape index (κ2) is 7.04. The Labute approximate surface area is 116 Å². The molecule has 0 aromatic heterocycles. The van der Waals surface area contributed by atoms with E-state index in [1.54, 1.807) is 12.1 Å². The minimum Gasteiger partial charge on any atom is -0.310 e. The Morgan fingerprint density at radius 1 is 1.32 bits per heavy atom. The van der Waals surface area contributed by atoms with Gasteiger partial charge in [0.05, 0.1) is 0 Å². The average Bonchev–Trinajstić information content (AvgIpc) is 2.41. The molecule has 1 fully saturated rings. The fourth-order valence-corrected chi connectivity index (χ4v) is 3.29. The molecule has 1 nitrogen and oxygen atoms in total. The first-order valence-corrected chi connectivity index (χ1v) is 7.68. The lowest BCUT2D eigenvalue weighted by atomic mass is 9.82. The molecule has 106 valence electrons. The van der Waals surface area contributed by atoms with Crippen molar-refractivity contribution < 1.29 is 4.39 Å². The third-order valence-corrected chi connectivity index (χ3v) is 4.39. The van der Waals surface area contributed by atoms with Crippen molar-refractivity contribution in [3.8, 4) is 0 Å². The first kappa shape index (κ1) is 14.5. The second-order valence-corrected chi connectivity index (χ2v) is 6.03. The normalized spacial score (nSPS) is 25.2. The van der Waals surface area contributed by atoms with E-state index < -0.39 is 0 Å². The molecule has 0 heterocycles. The minimum atomic E-state index is -0.0844. The zero-order valence-electron chi connectivity index (χ0n) is 12.2. The van der Waals surface area contributed by atoms with E-state index in [1.165, 1.54) is 25.7 Å². The monoisotopic (exact) mass is 263 g/mol. The molecule has 0 bridgehead atoms. The minimum absolute atomic E-state index is 0.0844. The fourth-order valence-electron chi connectivity index (χ4n) is 3.29. The average molecular weight is 263 g/mol. The van der Waals surface area contributed by atoms with Gasteiger partial charge in [0, 0.05) is 11.6 Å². The van der Waals surface area contributed by atoms with Gasteiger partial charge < -0.3 is 5.32 Å². The molecule has 1 saturated carbocycles. The standard InChI is InChI=1S/C17H26FN/c1-3-17(15-9-4-5-10-16(15)18)19-12-14-8-6-7-13(2)11-14/h4-5,9-10,13-14,17,19H,3,6-8,11-12H2,1-2H3. The van der Waals surface area contributed by atoms with Crippen LogP contribution in [0.25, 0.3) is 0 Å². The Balaban J connectivity index is 1.91. The van der Waals surface area contributed by atoms with E-state index in [1.807, 2.05) is 12.1 Å². The van der Waals surface area contributed by atoms with E-state index in [9.17, 15) is 4.39 Å². The smallest absolute Gasteiger partial charge is 0.127 e. The van der Waals surface area contributed by atoms with Gasteiger partial charge in [-0.05, 0) is 43.7 Å². The van der Waals surface area contributed by atoms with Crippen molar-refractivity contribution in [2.45, 2.75) is 52.0 Å². The molecule has 2 heteroatoms. The summed E-state index contributed by atoms with van der Waals surface area (Å²) in [4.78, 5) is 0. The first-order chi connectivity index (χ1) is 9.20. The third kappa shape index (κ3) is 4.04. The van der Waals surface area contributed by atoms with Gasteiger partial charge in [0.25, 0.3) is 0 Å². The summed E-state index contributed by atoms with van der Waals surface area (Å²) in [5.74, 6) is 1.54. The van der Waals surface area contributed by atoms with Gasteiger partial charge in [0.1, 0.15) is 5.82 Å². The van der Waals surface area contributed by atoms with E-state index in [-0.39, 0.29) is 11.9 Å². The topological polar surface area (TPSA) is 12.0 Å². The summed E-state index contributed by atoms with van der Waals surface area (Å²) in [6.45, 7) is 5.49. The Bertz CT molecular complexity index is 391. The fraction of sp³-hybridized carbons (Fsp3) is 0.647. The van der Waals surface area contributed by atoms with Crippen LogP contribution < -0.4 is 5.32 Å². The van der Waals surface area contributed by atoms with Crippen molar-refractivity contribution in [2.24, 2.45) is 11.8 Å². The third-order valence-electron chi connectivity index (χ3n) is 4.39. The number of hydrogen-bond acceptors (Lipinski definition) is 1. The molecule has 1 aromatic rings. The van der Waals surface area contributed by atoms with E-state index in [2.05, 4.69) is 19.2 Å². The number of halogens is 1. The molecule has 0 amide bonds. The number of benzene rings is 1. The van der Waals surface area contributed by atoms with Crippen LogP contribution in [0.2, 0.25) is 0 Å². The lowest BCUT2D eigenvalue weighted by Crippen LogP contribution is -2.30. The second-order valence-electron chi connectivity index (χ2n) is 6.03. The number of rotatable bonds is 5. The van der Waals surface area contributed by atoms with Gasteiger partial charge in [-0.1, -0.05) is 44.9 Å². The summed E-state index contributed by atoms with van der Waals surface area (Å²) >= 11 is 0. The highest BCUT2D eigenvalue weighted by molar-refractivity contribution is 5.21. The van der Waals surface area contributed by atoms with E-state index in [0.29, 0.717) is 0 Å². The molecular formula is C17H26FN. The van der Waals surface area contributed by atoms with E-state index >= 15 is 0 Å². The Morgan fingerprint density at radius 3 is 2.79 bits per heavy atom. The Hall–Kier alpha value is -0.890. The molecule has 1 N–H and O–H groups in total. The molecule has 3 unspecified atom stereocenters. The first-order valence-electron chi connectivity index (χ1n) is 7.68. The van der Waals surface area contributed by atoms with E-state index in [0.717, 1.165) is 30.4 Å². The predicted octanol–water partition coefficient (Wildman–Crippen LogP) is 4.69. The highest BCUT2D eigenvalue weighted by Gasteiger charge is 2.20. The quantitative estimate of drug-likeness (QED) is 0.812. The van der Waals surface area contributed by atoms with Crippen molar-refractivity contribution in [3.05, 3.63) is 35.6 Å². The molecule has 0 saturated heterocycles. The largest absolute Gasteiger partial charge is 0.310 e. The molecule has 19 heavy (non-hydrogen) atoms. The molecule has 0 aliphatic heterocycles. The molecule has 2 rings (SSSR count). The predicted molar refractivity (Wildman–Crippen MR) is 78.6 cm³/mol. The van der Waals surface area contributed by atoms with Crippen LogP contribution in [0, 0.1) is 17.7 Å². The summed E-state index contributed by atoms with van der Waals surface area (Å²) < 4.78 is 13.8. The molecule has 0 radical (unpaired) electrons. The van der Waals surface area contributed by atoms with Crippen molar-refractivity contribution in [2.75, 3.05) is 6.54 Å². The van der Waals surface area contributed by atoms with Gasteiger partial charge in [0.15, 0.2) is 0 Å². The Morgan fingerprint density at radius 2 is 2.11 bits per heavy atom. The van der Waals surface area contributed by atoms with Gasteiger partial charge in [-0.15, -0.1) is 0 Å². The van der Waals surface area contributed by atoms with Crippen molar-refractivity contribution in [3.63, 3.8) is 0 Å². The highest BCUT2D eigenvalue weighted by Crippen LogP contribution is 2.29. The zero-order chi connectivity index (χ0) is 13.7.